The molecule has 0 fully saturated rings. The van der Waals surface area contributed by atoms with E-state index in [-0.39, 0.29) is 130 Å². The molecule has 0 bridgehead atoms. The number of amides is 5. The van der Waals surface area contributed by atoms with E-state index in [1.165, 1.54) is 70.5 Å². The Morgan fingerprint density at radius 1 is 0.532 bits per heavy atom. The van der Waals surface area contributed by atoms with Gasteiger partial charge < -0.3 is 71.2 Å². The number of hydrogen-bond acceptors (Lipinski definition) is 16. The van der Waals surface area contributed by atoms with Crippen LogP contribution in [0.1, 0.15) is 171 Å². The van der Waals surface area contributed by atoms with Crippen molar-refractivity contribution in [2.24, 2.45) is 23.3 Å². The van der Waals surface area contributed by atoms with Crippen LogP contribution in [0.25, 0.3) is 0 Å². The number of carbonyl (C=O) groups excluding carboxylic acids is 7. The van der Waals surface area contributed by atoms with E-state index in [0.29, 0.717) is 77.1 Å². The van der Waals surface area contributed by atoms with Gasteiger partial charge in [-0.2, -0.15) is 0 Å². The van der Waals surface area contributed by atoms with E-state index < -0.39 is 29.8 Å². The molecule has 0 saturated heterocycles. The molecule has 10 N–H and O–H groups in total. The zero-order valence-corrected chi connectivity index (χ0v) is 48.2. The summed E-state index contributed by atoms with van der Waals surface area (Å²) in [6.45, 7) is 9.40. The fraction of sp³-hybridized carbons (Fsp3) is 0.804. The molecule has 3 atom stereocenters. The minimum Gasteiger partial charge on any atom is -0.481 e. The third kappa shape index (κ3) is 48.7. The minimum absolute atomic E-state index is 0. The number of hydrogen-bond donors (Lipinski definition) is 8. The van der Waals surface area contributed by atoms with E-state index in [1.54, 1.807) is 13.1 Å². The van der Waals surface area contributed by atoms with Crippen molar-refractivity contribution in [3.05, 3.63) is 18.2 Å². The van der Waals surface area contributed by atoms with E-state index in [1.807, 2.05) is 0 Å². The van der Waals surface area contributed by atoms with Gasteiger partial charge in [0.1, 0.15) is 25.6 Å². The van der Waals surface area contributed by atoms with Crippen molar-refractivity contribution in [1.29, 1.82) is 0 Å². The first-order valence-corrected chi connectivity index (χ1v) is 29.1. The lowest BCUT2D eigenvalue weighted by molar-refractivity contribution is -0.137. The molecule has 1 heterocycles. The van der Waals surface area contributed by atoms with Crippen LogP contribution in [0, 0.1) is 11.8 Å². The smallest absolute Gasteiger partial charge is 0.303 e. The summed E-state index contributed by atoms with van der Waals surface area (Å²) in [6, 6.07) is -0.806. The number of H-pyrrole nitrogens is 1. The number of Topliss-reactive ketones (excluding diaryl/α,β-unsaturated/α-hetero) is 2. The van der Waals surface area contributed by atoms with E-state index in [9.17, 15) is 38.4 Å². The summed E-state index contributed by atoms with van der Waals surface area (Å²) in [5.41, 5.74) is 12.3. The minimum atomic E-state index is -0.806. The Hall–Kier alpha value is -4.91. The molecule has 0 aliphatic rings. The van der Waals surface area contributed by atoms with Gasteiger partial charge in [-0.1, -0.05) is 104 Å². The van der Waals surface area contributed by atoms with Gasteiger partial charge in [-0.3, -0.25) is 38.4 Å². The zero-order chi connectivity index (χ0) is 58.4. The summed E-state index contributed by atoms with van der Waals surface area (Å²) in [5, 5.41) is 19.3. The molecule has 5 amide bonds. The van der Waals surface area contributed by atoms with Gasteiger partial charge in [-0.15, -0.1) is 0 Å². The second-order valence-electron chi connectivity index (χ2n) is 19.5. The van der Waals surface area contributed by atoms with Crippen molar-refractivity contribution in [2.45, 2.75) is 174 Å². The van der Waals surface area contributed by atoms with Crippen LogP contribution in [-0.4, -0.2) is 174 Å². The van der Waals surface area contributed by atoms with E-state index >= 15 is 0 Å². The summed E-state index contributed by atoms with van der Waals surface area (Å²) in [5.74, 6) is -3.76. The highest BCUT2D eigenvalue weighted by Crippen LogP contribution is 2.21. The summed E-state index contributed by atoms with van der Waals surface area (Å²) in [4.78, 5) is 103. The highest BCUT2D eigenvalue weighted by Gasteiger charge is 2.28. The van der Waals surface area contributed by atoms with Crippen LogP contribution < -0.4 is 32.7 Å². The number of nitrogens with one attached hydrogen (secondary N) is 5. The summed E-state index contributed by atoms with van der Waals surface area (Å²) in [6.07, 6.45) is 22.7. The van der Waals surface area contributed by atoms with Gasteiger partial charge in [0, 0.05) is 84.9 Å². The van der Waals surface area contributed by atoms with Gasteiger partial charge in [-0.05, 0) is 32.1 Å². The number of nitrogens with zero attached hydrogens (tertiary/aromatic N) is 1. The molecule has 0 aromatic carbocycles. The van der Waals surface area contributed by atoms with Crippen molar-refractivity contribution in [1.82, 2.24) is 31.2 Å². The summed E-state index contributed by atoms with van der Waals surface area (Å²) in [7, 11) is 0. The number of ether oxygens (including phenoxy) is 6. The maximum Gasteiger partial charge on any atom is 0.303 e. The van der Waals surface area contributed by atoms with Gasteiger partial charge in [0.25, 0.3) is 0 Å². The number of aromatic nitrogens is 2. The van der Waals surface area contributed by atoms with Gasteiger partial charge in [-0.25, -0.2) is 4.98 Å². The summed E-state index contributed by atoms with van der Waals surface area (Å²) < 4.78 is 32.2. The van der Waals surface area contributed by atoms with Crippen molar-refractivity contribution in [2.75, 3.05) is 105 Å². The molecule has 1 aromatic heterocycles. The Morgan fingerprint density at radius 3 is 1.41 bits per heavy atom. The van der Waals surface area contributed by atoms with Crippen LogP contribution in [0.3, 0.4) is 0 Å². The molecule has 0 aliphatic carbocycles. The lowest BCUT2D eigenvalue weighted by atomic mass is 9.85. The van der Waals surface area contributed by atoms with Crippen LogP contribution in [0.5, 0.6) is 0 Å². The van der Waals surface area contributed by atoms with Crippen LogP contribution >= 0.6 is 0 Å². The average molecular weight is 1130 g/mol. The van der Waals surface area contributed by atoms with E-state index in [2.05, 4.69) is 45.1 Å². The number of primary amides is 1. The number of ketones is 2. The average Bonchev–Trinajstić information content (AvgIpc) is 3.94. The highest BCUT2D eigenvalue weighted by atomic mass is 16.5. The molecular formula is C56H106N8O15. The van der Waals surface area contributed by atoms with Gasteiger partial charge in [0.05, 0.1) is 71.8 Å². The van der Waals surface area contributed by atoms with Gasteiger partial charge in [0.2, 0.25) is 29.5 Å². The predicted molar refractivity (Wildman–Crippen MR) is 304 cm³/mol. The van der Waals surface area contributed by atoms with Crippen molar-refractivity contribution < 1.29 is 74.7 Å². The van der Waals surface area contributed by atoms with Gasteiger partial charge >= 0.3 is 5.97 Å². The van der Waals surface area contributed by atoms with Crippen molar-refractivity contribution in [3.8, 4) is 0 Å². The third-order valence-corrected chi connectivity index (χ3v) is 12.5. The van der Waals surface area contributed by atoms with Crippen LogP contribution in [-0.2, 0) is 73.2 Å². The fourth-order valence-corrected chi connectivity index (χ4v) is 7.78. The third-order valence-electron chi connectivity index (χ3n) is 12.5. The molecule has 0 unspecified atom stereocenters. The number of carbonyl (C=O) groups is 8. The lowest BCUT2D eigenvalue weighted by Gasteiger charge is -2.19. The second-order valence-corrected chi connectivity index (χ2v) is 19.5. The van der Waals surface area contributed by atoms with Crippen LogP contribution in [0.15, 0.2) is 12.5 Å². The SMILES string of the molecule is CCCCCCCCC(=O)NCCOCCOCC(=O)NCCOCCOCC(=O)NCCOCCOCC(=O)NCCCC[C@H](CC(=O)[C@@H](N)Cc1cnc[nH]1)C(=O)C[C@@H](CC)C(N)=O.CCCCCCCCCCC(=O)O.[HH].[HH]. The fourth-order valence-electron chi connectivity index (χ4n) is 7.78. The molecule has 0 saturated carbocycles. The number of carboxylic acid groups (broad SMARTS) is 1. The number of nitrogens with two attached hydrogens (primary N) is 2. The Morgan fingerprint density at radius 2 is 0.962 bits per heavy atom. The molecule has 0 radical (unpaired) electrons. The highest BCUT2D eigenvalue weighted by molar-refractivity contribution is 5.92. The maximum atomic E-state index is 13.1. The monoisotopic (exact) mass is 1130 g/mol. The quantitative estimate of drug-likeness (QED) is 0.0402. The molecule has 0 aliphatic heterocycles. The number of aliphatic carboxylic acids is 1. The lowest BCUT2D eigenvalue weighted by Crippen LogP contribution is -2.36. The zero-order valence-electron chi connectivity index (χ0n) is 48.2. The number of carboxylic acids is 1. The molecule has 1 rings (SSSR count). The number of unbranched alkanes of at least 4 members (excludes halogenated alkanes) is 13. The number of imidazole rings is 1. The maximum absolute atomic E-state index is 13.1. The Balaban J connectivity index is -0.00000357. The Kier molecular flexibility index (Phi) is 50.4. The molecular weight excluding hydrogens is 1020 g/mol. The predicted octanol–water partition coefficient (Wildman–Crippen LogP) is 4.90. The first kappa shape index (κ1) is 74.1. The van der Waals surface area contributed by atoms with Crippen LogP contribution in [0.4, 0.5) is 0 Å². The topological polar surface area (TPSA) is 341 Å². The number of rotatable bonds is 55. The largest absolute Gasteiger partial charge is 0.481 e. The molecule has 23 nitrogen and oxygen atoms in total. The normalized spacial score (nSPS) is 12.2. The standard InChI is InChI=1S/C45H80N8O13.C11H22O2.2H2/c1-3-5-6-7-8-9-13-41(56)50-15-18-61-21-25-65-32-43(58)52-17-20-63-23-26-66-33-44(59)51-16-19-62-22-24-64-31-42(57)49-14-11-10-12-36(39(54)27-35(4-2)45(47)60)28-40(55)38(46)29-37-30-48-34-53-37;1-2-3-4-5-6-7-8-9-10-11(12)13;;/h30,34-36,38H,3-29,31-33,46H2,1-2H3,(H2,47,60)(H,48,53)(H,49,57)(H,50,56)(H,51,59)(H,52,58);2-10H2,1H3,(H,12,13);2*1H/t35-,36-,38+;;;/m1.../s1. The molecule has 79 heavy (non-hydrogen) atoms. The van der Waals surface area contributed by atoms with Gasteiger partial charge in [0.15, 0.2) is 5.78 Å². The second kappa shape index (κ2) is 53.7. The molecule has 23 heteroatoms. The summed E-state index contributed by atoms with van der Waals surface area (Å²) >= 11 is 0. The molecule has 1 aromatic rings. The first-order valence-electron chi connectivity index (χ1n) is 29.1. The van der Waals surface area contributed by atoms with Crippen molar-refractivity contribution >= 4 is 47.1 Å². The Labute approximate surface area is 473 Å². The Bertz CT molecular complexity index is 1740. The number of aromatic amines is 1. The van der Waals surface area contributed by atoms with E-state index in [0.717, 1.165) is 25.7 Å². The molecule has 460 valence electrons. The van der Waals surface area contributed by atoms with Crippen molar-refractivity contribution in [3.63, 3.8) is 0 Å². The van der Waals surface area contributed by atoms with E-state index in [4.69, 9.17) is 45.0 Å². The molecule has 0 spiro atoms. The van der Waals surface area contributed by atoms with Crippen LogP contribution in [0.2, 0.25) is 0 Å². The first-order chi connectivity index (χ1) is 38.2.